The molecule has 2 N–H and O–H groups in total. The molecule has 2 fully saturated rings. The fourth-order valence-corrected chi connectivity index (χ4v) is 9.77. The molecule has 6 atom stereocenters. The van der Waals surface area contributed by atoms with Crippen LogP contribution < -0.4 is 14.4 Å². The number of sulfonamides is 1. The van der Waals surface area contributed by atoms with Gasteiger partial charge in [-0.05, 0) is 123 Å². The molecule has 0 saturated heterocycles. The SMILES string of the molecule is C[C@@H]1[C@@H](C)C/C=C\[C@@](O)(C2CC2)[C@@H]2CC[C@H]2CN2C[C@@]3(CCCc4cc(Cl)ccc43)COc3ccc(cc32)C(=O)NS1(=O)=O. The zero-order chi connectivity index (χ0) is 30.9. The molecule has 2 heterocycles. The summed E-state index contributed by atoms with van der Waals surface area (Å²) < 4.78 is 35.5. The highest BCUT2D eigenvalue weighted by Crippen LogP contribution is 2.54. The van der Waals surface area contributed by atoms with E-state index in [2.05, 4.69) is 21.8 Å². The van der Waals surface area contributed by atoms with Crippen molar-refractivity contribution in [3.05, 3.63) is 70.3 Å². The average molecular weight is 639 g/mol. The largest absolute Gasteiger partial charge is 0.490 e. The number of allylic oxidation sites excluding steroid dienone is 1. The van der Waals surface area contributed by atoms with Crippen LogP contribution in [0.5, 0.6) is 5.75 Å². The van der Waals surface area contributed by atoms with E-state index in [4.69, 9.17) is 16.3 Å². The van der Waals surface area contributed by atoms with Gasteiger partial charge in [-0.1, -0.05) is 36.7 Å². The number of anilines is 1. The van der Waals surface area contributed by atoms with Crippen LogP contribution in [-0.2, 0) is 21.9 Å². The number of fused-ring (bicyclic) bond motifs is 4. The summed E-state index contributed by atoms with van der Waals surface area (Å²) in [4.78, 5) is 15.8. The van der Waals surface area contributed by atoms with Crippen LogP contribution in [0.1, 0.15) is 80.3 Å². The molecule has 2 bridgehead atoms. The third kappa shape index (κ3) is 5.25. The molecule has 44 heavy (non-hydrogen) atoms. The van der Waals surface area contributed by atoms with Crippen molar-refractivity contribution < 1.29 is 23.1 Å². The normalized spacial score (nSPS) is 35.7. The van der Waals surface area contributed by atoms with Crippen molar-refractivity contribution in [3.8, 4) is 5.75 Å². The average Bonchev–Trinajstić information content (AvgIpc) is 3.83. The van der Waals surface area contributed by atoms with Gasteiger partial charge in [-0.2, -0.15) is 0 Å². The Balaban J connectivity index is 1.32. The van der Waals surface area contributed by atoms with Gasteiger partial charge in [0.1, 0.15) is 5.75 Å². The van der Waals surface area contributed by atoms with Gasteiger partial charge in [0.05, 0.1) is 23.1 Å². The van der Waals surface area contributed by atoms with Crippen LogP contribution in [0.2, 0.25) is 5.02 Å². The highest BCUT2D eigenvalue weighted by Gasteiger charge is 2.54. The minimum absolute atomic E-state index is 0.128. The molecule has 9 heteroatoms. The first kappa shape index (κ1) is 30.1. The van der Waals surface area contributed by atoms with Gasteiger partial charge < -0.3 is 14.7 Å². The van der Waals surface area contributed by atoms with Crippen molar-refractivity contribution in [1.29, 1.82) is 0 Å². The Morgan fingerprint density at radius 2 is 1.91 bits per heavy atom. The van der Waals surface area contributed by atoms with E-state index in [9.17, 15) is 18.3 Å². The molecule has 0 radical (unpaired) electrons. The zero-order valence-electron chi connectivity index (χ0n) is 25.6. The Morgan fingerprint density at radius 1 is 1.09 bits per heavy atom. The van der Waals surface area contributed by atoms with Gasteiger partial charge in [0.2, 0.25) is 10.0 Å². The van der Waals surface area contributed by atoms with Gasteiger partial charge in [0, 0.05) is 29.1 Å². The highest BCUT2D eigenvalue weighted by atomic mass is 35.5. The lowest BCUT2D eigenvalue weighted by Crippen LogP contribution is -2.53. The van der Waals surface area contributed by atoms with Gasteiger partial charge in [-0.3, -0.25) is 4.79 Å². The molecule has 1 spiro atoms. The number of aliphatic hydroxyl groups is 1. The molecule has 2 saturated carbocycles. The lowest BCUT2D eigenvalue weighted by Gasteiger charge is -2.49. The van der Waals surface area contributed by atoms with Gasteiger partial charge in [0.15, 0.2) is 0 Å². The molecule has 0 aromatic heterocycles. The predicted octanol–water partition coefficient (Wildman–Crippen LogP) is 6.02. The van der Waals surface area contributed by atoms with Gasteiger partial charge in [-0.25, -0.2) is 13.1 Å². The Kier molecular flexibility index (Phi) is 7.57. The second-order valence-corrected chi connectivity index (χ2v) is 16.7. The number of nitrogens with zero attached hydrogens (tertiary/aromatic N) is 1. The molecule has 0 unspecified atom stereocenters. The van der Waals surface area contributed by atoms with E-state index >= 15 is 0 Å². The van der Waals surface area contributed by atoms with Crippen molar-refractivity contribution in [3.63, 3.8) is 0 Å². The molecular formula is C35H43ClN2O5S. The Morgan fingerprint density at radius 3 is 2.66 bits per heavy atom. The van der Waals surface area contributed by atoms with Crippen molar-refractivity contribution in [2.24, 2.45) is 23.7 Å². The smallest absolute Gasteiger partial charge is 0.264 e. The molecule has 7 rings (SSSR count). The maximum atomic E-state index is 13.4. The predicted molar refractivity (Wildman–Crippen MR) is 173 cm³/mol. The van der Waals surface area contributed by atoms with Crippen LogP contribution in [0.15, 0.2) is 48.6 Å². The standard InChI is InChI=1S/C35H43ClN2O5S/c1-22-5-3-16-35(40,27-9-10-27)30-12-7-26(30)19-38-20-34(15-4-6-24-17-28(36)11-13-29(24)34)21-43-32-14-8-25(18-31(32)38)33(39)37-44(41,42)23(22)2/h3,8,11,13-14,16-18,22-23,26-27,30,40H,4-7,9-10,12,15,19-21H2,1-2H3,(H,37,39)/b16-3-/t22-,23+,26-,30+,34-,35+/m0/s1. The molecule has 2 aromatic carbocycles. The molecule has 7 nitrogen and oxygen atoms in total. The number of nitrogens with one attached hydrogen (secondary N) is 1. The molecule has 3 aliphatic carbocycles. The third-order valence-electron chi connectivity index (χ3n) is 11.4. The van der Waals surface area contributed by atoms with Crippen molar-refractivity contribution >= 4 is 33.2 Å². The van der Waals surface area contributed by atoms with Crippen LogP contribution in [0.4, 0.5) is 5.69 Å². The van der Waals surface area contributed by atoms with Crippen LogP contribution in [-0.4, -0.2) is 50.0 Å². The second kappa shape index (κ2) is 11.1. The number of carbonyl (C=O) groups is 1. The quantitative estimate of drug-likeness (QED) is 0.371. The highest BCUT2D eigenvalue weighted by molar-refractivity contribution is 7.90. The number of hydrogen-bond donors (Lipinski definition) is 2. The number of carbonyl (C=O) groups excluding carboxylic acids is 1. The number of aryl methyl sites for hydroxylation is 1. The fraction of sp³-hybridized carbons (Fsp3) is 0.571. The number of halogens is 1. The summed E-state index contributed by atoms with van der Waals surface area (Å²) in [7, 11) is -3.93. The second-order valence-electron chi connectivity index (χ2n) is 14.2. The molecule has 5 aliphatic rings. The summed E-state index contributed by atoms with van der Waals surface area (Å²) in [5.74, 6) is 0.487. The van der Waals surface area contributed by atoms with E-state index in [0.717, 1.165) is 62.2 Å². The van der Waals surface area contributed by atoms with Crippen molar-refractivity contribution in [2.45, 2.75) is 81.5 Å². The Hall–Kier alpha value is -2.55. The maximum absolute atomic E-state index is 13.4. The summed E-state index contributed by atoms with van der Waals surface area (Å²) in [6.07, 6.45) is 11.5. The summed E-state index contributed by atoms with van der Waals surface area (Å²) in [6, 6.07) is 11.5. The van der Waals surface area contributed by atoms with Crippen molar-refractivity contribution in [2.75, 3.05) is 24.6 Å². The van der Waals surface area contributed by atoms with E-state index in [1.807, 2.05) is 31.2 Å². The van der Waals surface area contributed by atoms with E-state index < -0.39 is 26.8 Å². The number of rotatable bonds is 1. The lowest BCUT2D eigenvalue weighted by atomic mass is 9.62. The van der Waals surface area contributed by atoms with Crippen LogP contribution in [0.25, 0.3) is 0 Å². The summed E-state index contributed by atoms with van der Waals surface area (Å²) in [5, 5.41) is 12.2. The fourth-order valence-electron chi connectivity index (χ4n) is 8.29. The molecule has 236 valence electrons. The van der Waals surface area contributed by atoms with E-state index in [0.29, 0.717) is 30.9 Å². The van der Waals surface area contributed by atoms with Crippen LogP contribution in [0.3, 0.4) is 0 Å². The van der Waals surface area contributed by atoms with E-state index in [1.165, 1.54) is 11.1 Å². The van der Waals surface area contributed by atoms with Gasteiger partial charge >= 0.3 is 0 Å². The summed E-state index contributed by atoms with van der Waals surface area (Å²) in [6.45, 7) is 5.46. The number of benzene rings is 2. The molecule has 2 aromatic rings. The number of ether oxygens (including phenoxy) is 1. The van der Waals surface area contributed by atoms with Gasteiger partial charge in [0.25, 0.3) is 5.91 Å². The Bertz CT molecular complexity index is 1610. The lowest BCUT2D eigenvalue weighted by molar-refractivity contribution is -0.0606. The molecule has 1 amide bonds. The minimum atomic E-state index is -3.93. The van der Waals surface area contributed by atoms with E-state index in [-0.39, 0.29) is 29.1 Å². The Labute approximate surface area is 266 Å². The van der Waals surface area contributed by atoms with E-state index in [1.54, 1.807) is 19.1 Å². The first-order chi connectivity index (χ1) is 21.0. The van der Waals surface area contributed by atoms with Crippen LogP contribution >= 0.6 is 11.6 Å². The monoisotopic (exact) mass is 638 g/mol. The summed E-state index contributed by atoms with van der Waals surface area (Å²) >= 11 is 6.42. The van der Waals surface area contributed by atoms with Crippen LogP contribution in [0, 0.1) is 23.7 Å². The summed E-state index contributed by atoms with van der Waals surface area (Å²) in [5.41, 5.74) is 2.46. The molecule has 2 aliphatic heterocycles. The van der Waals surface area contributed by atoms with Gasteiger partial charge in [-0.15, -0.1) is 0 Å². The minimum Gasteiger partial charge on any atom is -0.490 e. The molecular weight excluding hydrogens is 596 g/mol. The first-order valence-corrected chi connectivity index (χ1v) is 18.2. The number of amides is 1. The van der Waals surface area contributed by atoms with Crippen molar-refractivity contribution in [1.82, 2.24) is 4.72 Å². The first-order valence-electron chi connectivity index (χ1n) is 16.3. The topological polar surface area (TPSA) is 95.9 Å². The number of hydrogen-bond acceptors (Lipinski definition) is 6. The zero-order valence-corrected chi connectivity index (χ0v) is 27.2. The third-order valence-corrected chi connectivity index (χ3v) is 13.6. The maximum Gasteiger partial charge on any atom is 0.264 e.